The Morgan fingerprint density at radius 3 is 2.81 bits per heavy atom. The van der Waals surface area contributed by atoms with Crippen LogP contribution in [0.4, 0.5) is 5.69 Å². The molecular weight excluding hydrogens is 346 g/mol. The number of hydrogen-bond donors (Lipinski definition) is 2. The van der Waals surface area contributed by atoms with Crippen molar-refractivity contribution in [3.8, 4) is 11.5 Å². The van der Waals surface area contributed by atoms with Crippen molar-refractivity contribution in [2.75, 3.05) is 32.7 Å². The third kappa shape index (κ3) is 5.10. The topological polar surface area (TPSA) is 81.7 Å². The van der Waals surface area contributed by atoms with Gasteiger partial charge in [0, 0.05) is 32.1 Å². The Balaban J connectivity index is 1.56. The Bertz CT molecular complexity index is 776. The van der Waals surface area contributed by atoms with Crippen LogP contribution in [-0.4, -0.2) is 44.4 Å². The Morgan fingerprint density at radius 1 is 1.22 bits per heavy atom. The monoisotopic (exact) mass is 371 g/mol. The summed E-state index contributed by atoms with van der Waals surface area (Å²) >= 11 is 0. The molecule has 144 valence electrons. The fraction of sp³-hybridized carbons (Fsp3) is 0.400. The maximum absolute atomic E-state index is 12.4. The van der Waals surface area contributed by atoms with Crippen LogP contribution in [0.5, 0.6) is 11.5 Å². The Morgan fingerprint density at radius 2 is 2.07 bits per heavy atom. The first-order valence-corrected chi connectivity index (χ1v) is 8.99. The number of rotatable bonds is 8. The van der Waals surface area contributed by atoms with Crippen LogP contribution in [0.15, 0.2) is 36.7 Å². The van der Waals surface area contributed by atoms with Gasteiger partial charge in [0.05, 0.1) is 31.6 Å². The molecule has 1 aromatic carbocycles. The number of amides is 1. The lowest BCUT2D eigenvalue weighted by atomic mass is 10.2. The van der Waals surface area contributed by atoms with Crippen LogP contribution in [0.2, 0.25) is 0 Å². The minimum atomic E-state index is -0.182. The summed E-state index contributed by atoms with van der Waals surface area (Å²) < 4.78 is 16.1. The first-order valence-electron chi connectivity index (χ1n) is 8.99. The molecule has 1 fully saturated rings. The second-order valence-electron chi connectivity index (χ2n) is 6.35. The molecule has 7 heteroatoms. The zero-order valence-corrected chi connectivity index (χ0v) is 15.7. The molecule has 1 aliphatic rings. The van der Waals surface area contributed by atoms with E-state index in [1.54, 1.807) is 32.7 Å². The van der Waals surface area contributed by atoms with Crippen molar-refractivity contribution >= 4 is 11.6 Å². The summed E-state index contributed by atoms with van der Waals surface area (Å²) in [5.41, 5.74) is 2.23. The highest BCUT2D eigenvalue weighted by molar-refractivity contribution is 5.94. The van der Waals surface area contributed by atoms with E-state index < -0.39 is 0 Å². The molecule has 0 spiro atoms. The summed E-state index contributed by atoms with van der Waals surface area (Å²) in [6.45, 7) is 1.92. The number of methoxy groups -OCH3 is 2. The van der Waals surface area contributed by atoms with E-state index in [4.69, 9.17) is 14.2 Å². The van der Waals surface area contributed by atoms with Crippen LogP contribution in [0.1, 0.15) is 28.8 Å². The van der Waals surface area contributed by atoms with Crippen molar-refractivity contribution in [2.45, 2.75) is 25.5 Å². The number of benzene rings is 1. The molecule has 1 atom stereocenters. The highest BCUT2D eigenvalue weighted by Crippen LogP contribution is 2.27. The zero-order chi connectivity index (χ0) is 19.1. The number of pyridine rings is 1. The van der Waals surface area contributed by atoms with Gasteiger partial charge in [0.15, 0.2) is 11.5 Å². The molecule has 7 nitrogen and oxygen atoms in total. The Hall–Kier alpha value is -2.80. The van der Waals surface area contributed by atoms with Gasteiger partial charge in [0.2, 0.25) is 0 Å². The number of carbonyl (C=O) groups excluding carboxylic acids is 1. The third-order valence-corrected chi connectivity index (χ3v) is 4.46. The summed E-state index contributed by atoms with van der Waals surface area (Å²) in [6, 6.07) is 7.35. The lowest BCUT2D eigenvalue weighted by Gasteiger charge is -2.13. The average Bonchev–Trinajstić information content (AvgIpc) is 3.24. The van der Waals surface area contributed by atoms with E-state index in [2.05, 4.69) is 15.6 Å². The Kier molecular flexibility index (Phi) is 6.49. The number of ether oxygens (including phenoxy) is 3. The van der Waals surface area contributed by atoms with Gasteiger partial charge in [0.1, 0.15) is 0 Å². The van der Waals surface area contributed by atoms with Gasteiger partial charge in [-0.15, -0.1) is 0 Å². The van der Waals surface area contributed by atoms with Crippen molar-refractivity contribution in [1.29, 1.82) is 0 Å². The summed E-state index contributed by atoms with van der Waals surface area (Å²) in [5.74, 6) is 1.10. The molecule has 0 aliphatic carbocycles. The molecule has 2 heterocycles. The maximum Gasteiger partial charge on any atom is 0.253 e. The second-order valence-corrected chi connectivity index (χ2v) is 6.35. The van der Waals surface area contributed by atoms with E-state index in [0.717, 1.165) is 37.2 Å². The second kappa shape index (κ2) is 9.23. The van der Waals surface area contributed by atoms with Crippen molar-refractivity contribution in [3.63, 3.8) is 0 Å². The largest absolute Gasteiger partial charge is 0.493 e. The van der Waals surface area contributed by atoms with Gasteiger partial charge >= 0.3 is 0 Å². The molecule has 2 aromatic rings. The Labute approximate surface area is 159 Å². The molecule has 0 bridgehead atoms. The van der Waals surface area contributed by atoms with E-state index >= 15 is 0 Å². The van der Waals surface area contributed by atoms with Crippen molar-refractivity contribution < 1.29 is 19.0 Å². The molecule has 1 saturated heterocycles. The lowest BCUT2D eigenvalue weighted by Crippen LogP contribution is -2.23. The fourth-order valence-corrected chi connectivity index (χ4v) is 2.97. The number of anilines is 1. The maximum atomic E-state index is 12.4. The minimum Gasteiger partial charge on any atom is -0.493 e. The summed E-state index contributed by atoms with van der Waals surface area (Å²) in [5, 5.41) is 6.19. The van der Waals surface area contributed by atoms with E-state index in [9.17, 15) is 4.79 Å². The smallest absolute Gasteiger partial charge is 0.253 e. The predicted molar refractivity (Wildman–Crippen MR) is 102 cm³/mol. The van der Waals surface area contributed by atoms with E-state index in [0.29, 0.717) is 23.6 Å². The van der Waals surface area contributed by atoms with Crippen LogP contribution in [-0.2, 0) is 11.3 Å². The molecule has 0 radical (unpaired) electrons. The van der Waals surface area contributed by atoms with Crippen LogP contribution < -0.4 is 20.1 Å². The summed E-state index contributed by atoms with van der Waals surface area (Å²) in [7, 11) is 3.17. The molecule has 3 rings (SSSR count). The standard InChI is InChI=1S/C20H25N3O4/c1-25-18-6-5-14(8-19(18)26-2)10-23-20(24)15-9-16(12-21-11-15)22-13-17-4-3-7-27-17/h5-6,8-9,11-12,17,22H,3-4,7,10,13H2,1-2H3,(H,23,24). The molecule has 2 N–H and O–H groups in total. The summed E-state index contributed by atoms with van der Waals surface area (Å²) in [4.78, 5) is 16.6. The van der Waals surface area contributed by atoms with Crippen molar-refractivity contribution in [3.05, 3.63) is 47.8 Å². The minimum absolute atomic E-state index is 0.182. The molecule has 1 unspecified atom stereocenters. The molecule has 1 aromatic heterocycles. The number of carbonyl (C=O) groups is 1. The van der Waals surface area contributed by atoms with Gasteiger partial charge in [-0.05, 0) is 36.6 Å². The van der Waals surface area contributed by atoms with Gasteiger partial charge < -0.3 is 24.8 Å². The summed E-state index contributed by atoms with van der Waals surface area (Å²) in [6.07, 6.45) is 5.66. The number of hydrogen-bond acceptors (Lipinski definition) is 6. The molecule has 1 aliphatic heterocycles. The predicted octanol–water partition coefficient (Wildman–Crippen LogP) is 2.62. The molecule has 1 amide bonds. The highest BCUT2D eigenvalue weighted by atomic mass is 16.5. The average molecular weight is 371 g/mol. The van der Waals surface area contributed by atoms with Crippen LogP contribution >= 0.6 is 0 Å². The van der Waals surface area contributed by atoms with Crippen LogP contribution in [0.3, 0.4) is 0 Å². The highest BCUT2D eigenvalue weighted by Gasteiger charge is 2.15. The van der Waals surface area contributed by atoms with Gasteiger partial charge in [-0.1, -0.05) is 6.07 Å². The SMILES string of the molecule is COc1ccc(CNC(=O)c2cncc(NCC3CCCO3)c2)cc1OC. The van der Waals surface area contributed by atoms with Gasteiger partial charge in [-0.2, -0.15) is 0 Å². The van der Waals surface area contributed by atoms with E-state index in [1.165, 1.54) is 0 Å². The van der Waals surface area contributed by atoms with E-state index in [1.807, 2.05) is 18.2 Å². The molecular formula is C20H25N3O4. The van der Waals surface area contributed by atoms with E-state index in [-0.39, 0.29) is 12.0 Å². The number of aromatic nitrogens is 1. The number of nitrogens with zero attached hydrogens (tertiary/aromatic N) is 1. The quantitative estimate of drug-likeness (QED) is 0.742. The first-order chi connectivity index (χ1) is 13.2. The van der Waals surface area contributed by atoms with Crippen molar-refractivity contribution in [2.24, 2.45) is 0 Å². The van der Waals surface area contributed by atoms with Gasteiger partial charge in [-0.3, -0.25) is 9.78 Å². The van der Waals surface area contributed by atoms with Gasteiger partial charge in [0.25, 0.3) is 5.91 Å². The fourth-order valence-electron chi connectivity index (χ4n) is 2.97. The molecule has 0 saturated carbocycles. The number of nitrogens with one attached hydrogen (secondary N) is 2. The van der Waals surface area contributed by atoms with Crippen molar-refractivity contribution in [1.82, 2.24) is 10.3 Å². The normalized spacial score (nSPS) is 16.0. The lowest BCUT2D eigenvalue weighted by molar-refractivity contribution is 0.0950. The zero-order valence-electron chi connectivity index (χ0n) is 15.7. The molecule has 27 heavy (non-hydrogen) atoms. The first kappa shape index (κ1) is 19.0. The van der Waals surface area contributed by atoms with Crippen LogP contribution in [0, 0.1) is 0 Å². The van der Waals surface area contributed by atoms with Gasteiger partial charge in [-0.25, -0.2) is 0 Å². The van der Waals surface area contributed by atoms with Crippen LogP contribution in [0.25, 0.3) is 0 Å². The third-order valence-electron chi connectivity index (χ3n) is 4.46.